The average molecular weight is 293 g/mol. The summed E-state index contributed by atoms with van der Waals surface area (Å²) in [6.45, 7) is 4.89. The fraction of sp³-hybridized carbons (Fsp3) is 0.625. The first-order valence-electron chi connectivity index (χ1n) is 7.50. The Morgan fingerprint density at radius 1 is 1.33 bits per heavy atom. The van der Waals surface area contributed by atoms with Crippen molar-refractivity contribution in [3.05, 3.63) is 23.8 Å². The van der Waals surface area contributed by atoms with E-state index in [0.29, 0.717) is 25.9 Å². The highest BCUT2D eigenvalue weighted by Crippen LogP contribution is 2.34. The molecule has 0 radical (unpaired) electrons. The predicted molar refractivity (Wildman–Crippen MR) is 78.9 cm³/mol. The van der Waals surface area contributed by atoms with Gasteiger partial charge in [0.25, 0.3) is 0 Å². The molecular weight excluding hydrogens is 270 g/mol. The molecule has 1 atom stereocenters. The third-order valence-electron chi connectivity index (χ3n) is 4.09. The van der Waals surface area contributed by atoms with Crippen LogP contribution < -0.4 is 14.8 Å². The van der Waals surface area contributed by atoms with Crippen LogP contribution in [0.25, 0.3) is 0 Å². The lowest BCUT2D eigenvalue weighted by Gasteiger charge is -2.29. The van der Waals surface area contributed by atoms with Crippen LogP contribution >= 0.6 is 0 Å². The third-order valence-corrected chi connectivity index (χ3v) is 4.09. The standard InChI is InChI=1S/C16H23NO4/c1-16(20-8-9-21-16)6-7-17-13-10-12-4-3-5-14(18-2)15(12)19-11-13/h3-5,13,17H,6-11H2,1-2H3/t13-/m1/s1. The van der Waals surface area contributed by atoms with E-state index in [2.05, 4.69) is 11.4 Å². The molecule has 0 aromatic heterocycles. The number of fused-ring (bicyclic) bond motifs is 1. The molecule has 0 aliphatic carbocycles. The predicted octanol–water partition coefficient (Wildman–Crippen LogP) is 1.74. The molecule has 1 fully saturated rings. The molecule has 3 rings (SSSR count). The zero-order valence-corrected chi connectivity index (χ0v) is 12.7. The number of hydrogen-bond donors (Lipinski definition) is 1. The molecule has 2 aliphatic heterocycles. The molecule has 5 nitrogen and oxygen atoms in total. The first-order chi connectivity index (χ1) is 10.2. The molecule has 1 saturated heterocycles. The fourth-order valence-electron chi connectivity index (χ4n) is 2.89. The lowest BCUT2D eigenvalue weighted by molar-refractivity contribution is -0.145. The number of para-hydroxylation sites is 1. The van der Waals surface area contributed by atoms with Gasteiger partial charge in [-0.2, -0.15) is 0 Å². The average Bonchev–Trinajstić information content (AvgIpc) is 2.93. The maximum atomic E-state index is 5.86. The van der Waals surface area contributed by atoms with Crippen LogP contribution in [0, 0.1) is 0 Å². The van der Waals surface area contributed by atoms with Gasteiger partial charge in [-0.3, -0.25) is 0 Å². The van der Waals surface area contributed by atoms with Crippen LogP contribution in [0.1, 0.15) is 18.9 Å². The van der Waals surface area contributed by atoms with E-state index in [1.165, 1.54) is 5.56 Å². The summed E-state index contributed by atoms with van der Waals surface area (Å²) < 4.78 is 22.4. The monoisotopic (exact) mass is 293 g/mol. The Morgan fingerprint density at radius 3 is 2.90 bits per heavy atom. The number of nitrogens with one attached hydrogen (secondary N) is 1. The van der Waals surface area contributed by atoms with Crippen molar-refractivity contribution in [2.24, 2.45) is 0 Å². The van der Waals surface area contributed by atoms with E-state index in [0.717, 1.165) is 30.9 Å². The second-order valence-electron chi connectivity index (χ2n) is 5.70. The largest absolute Gasteiger partial charge is 0.493 e. The number of hydrogen-bond acceptors (Lipinski definition) is 5. The molecule has 116 valence electrons. The van der Waals surface area contributed by atoms with Crippen LogP contribution in [-0.4, -0.2) is 45.3 Å². The molecule has 0 spiro atoms. The van der Waals surface area contributed by atoms with Crippen LogP contribution in [0.15, 0.2) is 18.2 Å². The Labute approximate surface area is 125 Å². The Bertz CT molecular complexity index is 485. The highest BCUT2D eigenvalue weighted by Gasteiger charge is 2.31. The Kier molecular flexibility index (Phi) is 4.33. The van der Waals surface area contributed by atoms with Crippen molar-refractivity contribution in [1.82, 2.24) is 5.32 Å². The second kappa shape index (κ2) is 6.22. The van der Waals surface area contributed by atoms with Gasteiger partial charge < -0.3 is 24.3 Å². The lowest BCUT2D eigenvalue weighted by Crippen LogP contribution is -2.42. The van der Waals surface area contributed by atoms with Gasteiger partial charge in [-0.1, -0.05) is 12.1 Å². The Morgan fingerprint density at radius 2 is 2.14 bits per heavy atom. The topological polar surface area (TPSA) is 49.0 Å². The van der Waals surface area contributed by atoms with Gasteiger partial charge in [0.15, 0.2) is 17.3 Å². The minimum atomic E-state index is -0.427. The highest BCUT2D eigenvalue weighted by atomic mass is 16.7. The molecule has 2 aliphatic rings. The summed E-state index contributed by atoms with van der Waals surface area (Å²) >= 11 is 0. The van der Waals surface area contributed by atoms with Crippen molar-refractivity contribution in [2.75, 3.05) is 33.5 Å². The van der Waals surface area contributed by atoms with Gasteiger partial charge in [0.2, 0.25) is 0 Å². The number of methoxy groups -OCH3 is 1. The van der Waals surface area contributed by atoms with Crippen LogP contribution in [0.4, 0.5) is 0 Å². The SMILES string of the molecule is COc1cccc2c1OC[C@H](NCCC1(C)OCCO1)C2. The zero-order valence-electron chi connectivity index (χ0n) is 12.7. The maximum absolute atomic E-state index is 5.86. The van der Waals surface area contributed by atoms with Gasteiger partial charge in [-0.15, -0.1) is 0 Å². The lowest BCUT2D eigenvalue weighted by atomic mass is 10.0. The van der Waals surface area contributed by atoms with E-state index in [1.54, 1.807) is 7.11 Å². The molecular formula is C16H23NO4. The quantitative estimate of drug-likeness (QED) is 0.896. The van der Waals surface area contributed by atoms with E-state index in [1.807, 2.05) is 19.1 Å². The van der Waals surface area contributed by atoms with E-state index in [9.17, 15) is 0 Å². The van der Waals surface area contributed by atoms with Crippen molar-refractivity contribution in [2.45, 2.75) is 31.6 Å². The smallest absolute Gasteiger partial charge is 0.166 e. The highest BCUT2D eigenvalue weighted by molar-refractivity contribution is 5.48. The van der Waals surface area contributed by atoms with Crippen LogP contribution in [0.5, 0.6) is 11.5 Å². The molecule has 0 saturated carbocycles. The van der Waals surface area contributed by atoms with Crippen LogP contribution in [0.3, 0.4) is 0 Å². The third kappa shape index (κ3) is 3.31. The fourth-order valence-corrected chi connectivity index (χ4v) is 2.89. The minimum Gasteiger partial charge on any atom is -0.493 e. The zero-order chi connectivity index (χ0) is 14.7. The van der Waals surface area contributed by atoms with Crippen molar-refractivity contribution in [3.8, 4) is 11.5 Å². The molecule has 21 heavy (non-hydrogen) atoms. The summed E-state index contributed by atoms with van der Waals surface area (Å²) in [5, 5.41) is 3.53. The number of ether oxygens (including phenoxy) is 4. The maximum Gasteiger partial charge on any atom is 0.166 e. The molecule has 1 N–H and O–H groups in total. The van der Waals surface area contributed by atoms with Gasteiger partial charge in [-0.05, 0) is 25.0 Å². The molecule has 1 aromatic rings. The number of rotatable bonds is 5. The Balaban J connectivity index is 1.52. The summed E-state index contributed by atoms with van der Waals surface area (Å²) in [7, 11) is 1.67. The molecule has 2 heterocycles. The van der Waals surface area contributed by atoms with Crippen molar-refractivity contribution in [1.29, 1.82) is 0 Å². The molecule has 0 unspecified atom stereocenters. The minimum absolute atomic E-state index is 0.314. The van der Waals surface area contributed by atoms with E-state index >= 15 is 0 Å². The summed E-state index contributed by atoms with van der Waals surface area (Å²) in [4.78, 5) is 0. The molecule has 1 aromatic carbocycles. The Hall–Kier alpha value is -1.30. The van der Waals surface area contributed by atoms with Gasteiger partial charge in [0.1, 0.15) is 6.61 Å². The first-order valence-corrected chi connectivity index (χ1v) is 7.50. The second-order valence-corrected chi connectivity index (χ2v) is 5.70. The van der Waals surface area contributed by atoms with Gasteiger partial charge in [0, 0.05) is 19.0 Å². The molecule has 0 amide bonds. The van der Waals surface area contributed by atoms with Gasteiger partial charge >= 0.3 is 0 Å². The van der Waals surface area contributed by atoms with Crippen molar-refractivity contribution < 1.29 is 18.9 Å². The summed E-state index contributed by atoms with van der Waals surface area (Å²) in [6, 6.07) is 6.35. The summed E-state index contributed by atoms with van der Waals surface area (Å²) in [5.74, 6) is 1.27. The van der Waals surface area contributed by atoms with Crippen LogP contribution in [-0.2, 0) is 15.9 Å². The summed E-state index contributed by atoms with van der Waals surface area (Å²) in [5.41, 5.74) is 1.19. The first kappa shape index (κ1) is 14.6. The van der Waals surface area contributed by atoms with Gasteiger partial charge in [-0.25, -0.2) is 0 Å². The molecule has 0 bridgehead atoms. The van der Waals surface area contributed by atoms with E-state index < -0.39 is 5.79 Å². The van der Waals surface area contributed by atoms with Crippen LogP contribution in [0.2, 0.25) is 0 Å². The van der Waals surface area contributed by atoms with Crippen molar-refractivity contribution >= 4 is 0 Å². The normalized spacial score (nSPS) is 23.4. The van der Waals surface area contributed by atoms with E-state index in [4.69, 9.17) is 18.9 Å². The van der Waals surface area contributed by atoms with Crippen molar-refractivity contribution in [3.63, 3.8) is 0 Å². The molecule has 5 heteroatoms. The van der Waals surface area contributed by atoms with E-state index in [-0.39, 0.29) is 0 Å². The number of benzene rings is 1. The summed E-state index contributed by atoms with van der Waals surface area (Å²) in [6.07, 6.45) is 1.79. The van der Waals surface area contributed by atoms with Gasteiger partial charge in [0.05, 0.1) is 20.3 Å².